The Morgan fingerprint density at radius 1 is 1.16 bits per heavy atom. The first kappa shape index (κ1) is 19.4. The number of aryl methyl sites for hydroxylation is 1. The molecule has 1 fully saturated rings. The quantitative estimate of drug-likeness (QED) is 0.743. The van der Waals surface area contributed by atoms with E-state index in [4.69, 9.17) is 4.74 Å². The highest BCUT2D eigenvalue weighted by atomic mass is 16.5. The van der Waals surface area contributed by atoms with E-state index in [0.717, 1.165) is 32.7 Å². The Bertz CT molecular complexity index is 554. The number of nitrogens with zero attached hydrogens (tertiary/aromatic N) is 1. The third-order valence-corrected chi connectivity index (χ3v) is 4.48. The number of hydrogen-bond donors (Lipinski definition) is 2. The Labute approximate surface area is 149 Å². The van der Waals surface area contributed by atoms with Crippen LogP contribution in [-0.2, 0) is 20.7 Å². The van der Waals surface area contributed by atoms with E-state index in [-0.39, 0.29) is 17.9 Å². The van der Waals surface area contributed by atoms with Gasteiger partial charge in [-0.3, -0.25) is 14.5 Å². The van der Waals surface area contributed by atoms with Gasteiger partial charge in [0, 0.05) is 39.5 Å². The van der Waals surface area contributed by atoms with Crippen LogP contribution in [-0.4, -0.2) is 56.1 Å². The summed E-state index contributed by atoms with van der Waals surface area (Å²) in [7, 11) is 0. The first-order valence-corrected chi connectivity index (χ1v) is 9.02. The molecule has 2 rings (SSSR count). The van der Waals surface area contributed by atoms with Gasteiger partial charge in [0.05, 0.1) is 19.3 Å². The van der Waals surface area contributed by atoms with E-state index in [1.807, 2.05) is 0 Å². The monoisotopic (exact) mass is 347 g/mol. The summed E-state index contributed by atoms with van der Waals surface area (Å²) in [6.45, 7) is 7.69. The third-order valence-electron chi connectivity index (χ3n) is 4.48. The molecule has 1 aliphatic heterocycles. The van der Waals surface area contributed by atoms with Crippen molar-refractivity contribution < 1.29 is 14.3 Å². The molecule has 0 aliphatic carbocycles. The molecule has 1 heterocycles. The van der Waals surface area contributed by atoms with Gasteiger partial charge in [-0.2, -0.15) is 0 Å². The third kappa shape index (κ3) is 6.48. The minimum absolute atomic E-state index is 0.0443. The van der Waals surface area contributed by atoms with Gasteiger partial charge in [-0.25, -0.2) is 0 Å². The molecule has 0 bridgehead atoms. The zero-order valence-corrected chi connectivity index (χ0v) is 15.2. The second-order valence-corrected chi connectivity index (χ2v) is 6.30. The molecule has 0 aromatic heterocycles. The zero-order chi connectivity index (χ0) is 18.1. The van der Waals surface area contributed by atoms with E-state index in [0.29, 0.717) is 19.5 Å². The van der Waals surface area contributed by atoms with E-state index >= 15 is 0 Å². The molecule has 6 nitrogen and oxygen atoms in total. The van der Waals surface area contributed by atoms with E-state index < -0.39 is 0 Å². The molecule has 25 heavy (non-hydrogen) atoms. The Morgan fingerprint density at radius 2 is 1.84 bits per heavy atom. The van der Waals surface area contributed by atoms with Gasteiger partial charge in [0.1, 0.15) is 0 Å². The Balaban J connectivity index is 1.96. The molecule has 1 atom stereocenters. The van der Waals surface area contributed by atoms with Gasteiger partial charge in [-0.15, -0.1) is 0 Å². The second kappa shape index (κ2) is 10.2. The summed E-state index contributed by atoms with van der Waals surface area (Å²) in [5.41, 5.74) is 2.52. The topological polar surface area (TPSA) is 70.7 Å². The van der Waals surface area contributed by atoms with Gasteiger partial charge in [-0.05, 0) is 17.5 Å². The molecule has 2 amide bonds. The summed E-state index contributed by atoms with van der Waals surface area (Å²) in [6, 6.07) is 8.76. The average Bonchev–Trinajstić information content (AvgIpc) is 2.63. The van der Waals surface area contributed by atoms with Crippen LogP contribution in [0, 0.1) is 0 Å². The Kier molecular flexibility index (Phi) is 7.88. The van der Waals surface area contributed by atoms with Crippen LogP contribution in [0.25, 0.3) is 0 Å². The van der Waals surface area contributed by atoms with Crippen molar-refractivity contribution in [3.05, 3.63) is 35.4 Å². The van der Waals surface area contributed by atoms with Crippen LogP contribution in [0.2, 0.25) is 0 Å². The predicted molar refractivity (Wildman–Crippen MR) is 97.3 cm³/mol. The molecule has 6 heteroatoms. The molecule has 1 saturated heterocycles. The summed E-state index contributed by atoms with van der Waals surface area (Å²) in [5, 5.41) is 5.65. The Morgan fingerprint density at radius 3 is 2.44 bits per heavy atom. The number of nitrogens with one attached hydrogen (secondary N) is 2. The number of rotatable bonds is 8. The van der Waals surface area contributed by atoms with E-state index in [1.165, 1.54) is 18.1 Å². The minimum Gasteiger partial charge on any atom is -0.379 e. The predicted octanol–water partition coefficient (Wildman–Crippen LogP) is 1.26. The molecule has 1 aromatic rings. The van der Waals surface area contributed by atoms with Crippen LogP contribution in [0.3, 0.4) is 0 Å². The van der Waals surface area contributed by atoms with E-state index in [2.05, 4.69) is 46.7 Å². The van der Waals surface area contributed by atoms with Crippen molar-refractivity contribution in [2.75, 3.05) is 39.4 Å². The molecule has 2 N–H and O–H groups in total. The molecular formula is C19H29N3O3. The second-order valence-electron chi connectivity index (χ2n) is 6.30. The maximum Gasteiger partial charge on any atom is 0.221 e. The highest BCUT2D eigenvalue weighted by molar-refractivity contribution is 5.77. The van der Waals surface area contributed by atoms with Crippen LogP contribution in [0.1, 0.15) is 37.4 Å². The fraction of sp³-hybridized carbons (Fsp3) is 0.579. The van der Waals surface area contributed by atoms with Crippen molar-refractivity contribution >= 4 is 11.8 Å². The first-order valence-electron chi connectivity index (χ1n) is 9.02. The summed E-state index contributed by atoms with van der Waals surface area (Å²) in [6.07, 6.45) is 1.31. The van der Waals surface area contributed by atoms with Crippen LogP contribution in [0.4, 0.5) is 0 Å². The van der Waals surface area contributed by atoms with Crippen molar-refractivity contribution in [1.82, 2.24) is 15.5 Å². The first-order chi connectivity index (χ1) is 12.1. The number of amides is 2. The van der Waals surface area contributed by atoms with E-state index in [9.17, 15) is 9.59 Å². The lowest BCUT2D eigenvalue weighted by molar-refractivity contribution is -0.121. The highest BCUT2D eigenvalue weighted by Gasteiger charge is 2.23. The molecule has 0 radical (unpaired) electrons. The molecule has 0 spiro atoms. The average molecular weight is 347 g/mol. The number of hydrogen-bond acceptors (Lipinski definition) is 4. The van der Waals surface area contributed by atoms with Crippen molar-refractivity contribution in [1.29, 1.82) is 0 Å². The normalized spacial score (nSPS) is 16.2. The van der Waals surface area contributed by atoms with Crippen LogP contribution < -0.4 is 10.6 Å². The Hall–Kier alpha value is -1.92. The molecule has 1 aliphatic rings. The van der Waals surface area contributed by atoms with E-state index in [1.54, 1.807) is 0 Å². The van der Waals surface area contributed by atoms with Crippen LogP contribution in [0.15, 0.2) is 24.3 Å². The van der Waals surface area contributed by atoms with Gasteiger partial charge in [0.15, 0.2) is 0 Å². The number of carbonyl (C=O) groups is 2. The molecular weight excluding hydrogens is 318 g/mol. The van der Waals surface area contributed by atoms with Gasteiger partial charge in [-0.1, -0.05) is 31.2 Å². The lowest BCUT2D eigenvalue weighted by atomic mass is 10.0. The minimum atomic E-state index is -0.116. The molecule has 138 valence electrons. The number of benzene rings is 1. The maximum absolute atomic E-state index is 12.0. The summed E-state index contributed by atoms with van der Waals surface area (Å²) >= 11 is 0. The summed E-state index contributed by atoms with van der Waals surface area (Å²) in [4.78, 5) is 25.3. The molecule has 1 aromatic carbocycles. The number of morpholine rings is 1. The SMILES string of the molecule is CCc1ccc(C(CNC(=O)CCNC(C)=O)N2CCOCC2)cc1. The largest absolute Gasteiger partial charge is 0.379 e. The van der Waals surface area contributed by atoms with Crippen LogP contribution in [0.5, 0.6) is 0 Å². The summed E-state index contributed by atoms with van der Waals surface area (Å²) in [5.74, 6) is -0.160. The van der Waals surface area contributed by atoms with Crippen molar-refractivity contribution in [3.8, 4) is 0 Å². The molecule has 1 unspecified atom stereocenters. The fourth-order valence-electron chi connectivity index (χ4n) is 2.97. The zero-order valence-electron chi connectivity index (χ0n) is 15.2. The standard InChI is InChI=1S/C19H29N3O3/c1-3-16-4-6-17(7-5-16)18(22-10-12-25-13-11-22)14-21-19(24)8-9-20-15(2)23/h4-7,18H,3,8-14H2,1-2H3,(H,20,23)(H,21,24). The number of carbonyl (C=O) groups excluding carboxylic acids is 2. The lowest BCUT2D eigenvalue weighted by Gasteiger charge is -2.35. The van der Waals surface area contributed by atoms with Gasteiger partial charge < -0.3 is 15.4 Å². The van der Waals surface area contributed by atoms with Gasteiger partial charge >= 0.3 is 0 Å². The van der Waals surface area contributed by atoms with Gasteiger partial charge in [0.25, 0.3) is 0 Å². The fourth-order valence-corrected chi connectivity index (χ4v) is 2.97. The smallest absolute Gasteiger partial charge is 0.221 e. The van der Waals surface area contributed by atoms with Crippen LogP contribution >= 0.6 is 0 Å². The maximum atomic E-state index is 12.0. The summed E-state index contributed by atoms with van der Waals surface area (Å²) < 4.78 is 5.45. The van der Waals surface area contributed by atoms with Crippen molar-refractivity contribution in [3.63, 3.8) is 0 Å². The lowest BCUT2D eigenvalue weighted by Crippen LogP contribution is -2.44. The van der Waals surface area contributed by atoms with Crippen molar-refractivity contribution in [2.24, 2.45) is 0 Å². The van der Waals surface area contributed by atoms with Crippen molar-refractivity contribution in [2.45, 2.75) is 32.7 Å². The number of ether oxygens (including phenoxy) is 1. The highest BCUT2D eigenvalue weighted by Crippen LogP contribution is 2.22. The molecule has 0 saturated carbocycles. The van der Waals surface area contributed by atoms with Gasteiger partial charge in [0.2, 0.25) is 11.8 Å².